The first kappa shape index (κ1) is 14.7. The number of aryl methyl sites for hydroxylation is 1. The molecule has 0 aliphatic heterocycles. The van der Waals surface area contributed by atoms with E-state index in [4.69, 9.17) is 0 Å². The van der Waals surface area contributed by atoms with Crippen molar-refractivity contribution in [3.63, 3.8) is 0 Å². The number of benzene rings is 1. The highest BCUT2D eigenvalue weighted by atomic mass is 19.2. The summed E-state index contributed by atoms with van der Waals surface area (Å²) >= 11 is 0. The maximum atomic E-state index is 13.8. The normalized spacial score (nSPS) is 14.2. The van der Waals surface area contributed by atoms with Crippen molar-refractivity contribution in [3.05, 3.63) is 53.6 Å². The quantitative estimate of drug-likeness (QED) is 0.914. The molecule has 1 aromatic carbocycles. The molecule has 0 spiro atoms. The van der Waals surface area contributed by atoms with Gasteiger partial charge in [-0.05, 0) is 19.4 Å². The molecule has 0 saturated carbocycles. The SMILES string of the molecule is CCCn1ccnc1CC(C)(O)c1cccc(F)c1F. The summed E-state index contributed by atoms with van der Waals surface area (Å²) in [5.74, 6) is -1.31. The topological polar surface area (TPSA) is 38.0 Å². The van der Waals surface area contributed by atoms with E-state index >= 15 is 0 Å². The van der Waals surface area contributed by atoms with Crippen molar-refractivity contribution in [1.82, 2.24) is 9.55 Å². The second kappa shape index (κ2) is 5.71. The number of aromatic nitrogens is 2. The second-order valence-electron chi connectivity index (χ2n) is 5.09. The van der Waals surface area contributed by atoms with Crippen molar-refractivity contribution in [2.45, 2.75) is 38.8 Å². The van der Waals surface area contributed by atoms with E-state index in [0.717, 1.165) is 19.0 Å². The van der Waals surface area contributed by atoms with Crippen LogP contribution in [0.5, 0.6) is 0 Å². The molecule has 0 aliphatic rings. The maximum absolute atomic E-state index is 13.8. The Morgan fingerprint density at radius 2 is 2.10 bits per heavy atom. The second-order valence-corrected chi connectivity index (χ2v) is 5.09. The number of halogens is 2. The van der Waals surface area contributed by atoms with Gasteiger partial charge in [0.1, 0.15) is 5.82 Å². The van der Waals surface area contributed by atoms with Crippen molar-refractivity contribution in [2.24, 2.45) is 0 Å². The van der Waals surface area contributed by atoms with Crippen molar-refractivity contribution in [1.29, 1.82) is 0 Å². The number of rotatable bonds is 5. The third-order valence-corrected chi connectivity index (χ3v) is 3.30. The molecular weight excluding hydrogens is 262 g/mol. The monoisotopic (exact) mass is 280 g/mol. The first-order valence-electron chi connectivity index (χ1n) is 6.62. The minimum Gasteiger partial charge on any atom is -0.385 e. The fourth-order valence-corrected chi connectivity index (χ4v) is 2.27. The molecule has 1 atom stereocenters. The standard InChI is InChI=1S/C15H18F2N2O/c1-3-8-19-9-7-18-13(19)10-15(2,20)11-5-4-6-12(16)14(11)17/h4-7,9,20H,3,8,10H2,1-2H3. The van der Waals surface area contributed by atoms with Crippen molar-refractivity contribution < 1.29 is 13.9 Å². The lowest BCUT2D eigenvalue weighted by Crippen LogP contribution is -2.28. The summed E-state index contributed by atoms with van der Waals surface area (Å²) in [4.78, 5) is 4.18. The van der Waals surface area contributed by atoms with Crippen molar-refractivity contribution >= 4 is 0 Å². The van der Waals surface area contributed by atoms with E-state index in [2.05, 4.69) is 4.98 Å². The van der Waals surface area contributed by atoms with Gasteiger partial charge in [-0.3, -0.25) is 0 Å². The van der Waals surface area contributed by atoms with Gasteiger partial charge in [-0.25, -0.2) is 13.8 Å². The highest BCUT2D eigenvalue weighted by Gasteiger charge is 2.30. The van der Waals surface area contributed by atoms with Gasteiger partial charge in [-0.2, -0.15) is 0 Å². The number of imidazole rings is 1. The minimum absolute atomic E-state index is 0.0523. The Bertz CT molecular complexity index is 593. The summed E-state index contributed by atoms with van der Waals surface area (Å²) in [6.07, 6.45) is 4.51. The molecule has 108 valence electrons. The fourth-order valence-electron chi connectivity index (χ4n) is 2.27. The Labute approximate surface area is 116 Å². The minimum atomic E-state index is -1.51. The summed E-state index contributed by atoms with van der Waals surface area (Å²) in [5, 5.41) is 10.5. The molecule has 1 aromatic heterocycles. The van der Waals surface area contributed by atoms with Crippen LogP contribution in [0.2, 0.25) is 0 Å². The Morgan fingerprint density at radius 3 is 2.80 bits per heavy atom. The number of nitrogens with zero attached hydrogens (tertiary/aromatic N) is 2. The summed E-state index contributed by atoms with van der Waals surface area (Å²) in [6.45, 7) is 4.28. The van der Waals surface area contributed by atoms with Crippen LogP contribution in [0, 0.1) is 11.6 Å². The summed E-state index contributed by atoms with van der Waals surface area (Å²) in [7, 11) is 0. The average molecular weight is 280 g/mol. The Balaban J connectivity index is 2.30. The molecule has 2 aromatic rings. The largest absolute Gasteiger partial charge is 0.385 e. The third-order valence-electron chi connectivity index (χ3n) is 3.30. The van der Waals surface area contributed by atoms with Crippen LogP contribution in [0.1, 0.15) is 31.7 Å². The predicted molar refractivity (Wildman–Crippen MR) is 72.2 cm³/mol. The van der Waals surface area contributed by atoms with E-state index in [1.54, 1.807) is 6.20 Å². The molecule has 1 N–H and O–H groups in total. The first-order chi connectivity index (χ1) is 9.45. The average Bonchev–Trinajstić information content (AvgIpc) is 2.80. The van der Waals surface area contributed by atoms with Gasteiger partial charge in [-0.15, -0.1) is 0 Å². The molecule has 2 rings (SSSR count). The zero-order valence-electron chi connectivity index (χ0n) is 11.6. The van der Waals surface area contributed by atoms with Crippen molar-refractivity contribution in [2.75, 3.05) is 0 Å². The molecule has 1 heterocycles. The van der Waals surface area contributed by atoms with Crippen LogP contribution in [0.15, 0.2) is 30.6 Å². The molecule has 0 saturated heterocycles. The summed E-state index contributed by atoms with van der Waals surface area (Å²) in [6, 6.07) is 3.82. The molecule has 1 unspecified atom stereocenters. The molecule has 0 amide bonds. The zero-order valence-corrected chi connectivity index (χ0v) is 11.6. The number of hydrogen-bond donors (Lipinski definition) is 1. The molecular formula is C15H18F2N2O. The van der Waals surface area contributed by atoms with Gasteiger partial charge in [-0.1, -0.05) is 19.1 Å². The van der Waals surface area contributed by atoms with E-state index in [1.807, 2.05) is 17.7 Å². The first-order valence-corrected chi connectivity index (χ1v) is 6.62. The Hall–Kier alpha value is -1.75. The Morgan fingerprint density at radius 1 is 1.35 bits per heavy atom. The Kier molecular flexibility index (Phi) is 4.18. The molecule has 20 heavy (non-hydrogen) atoms. The van der Waals surface area contributed by atoms with Crippen LogP contribution >= 0.6 is 0 Å². The molecule has 0 bridgehead atoms. The van der Waals surface area contributed by atoms with Crippen LogP contribution < -0.4 is 0 Å². The van der Waals surface area contributed by atoms with Gasteiger partial charge < -0.3 is 9.67 Å². The molecule has 3 nitrogen and oxygen atoms in total. The maximum Gasteiger partial charge on any atom is 0.164 e. The van der Waals surface area contributed by atoms with Crippen LogP contribution in [0.3, 0.4) is 0 Å². The fraction of sp³-hybridized carbons (Fsp3) is 0.400. The van der Waals surface area contributed by atoms with Gasteiger partial charge >= 0.3 is 0 Å². The predicted octanol–water partition coefficient (Wildman–Crippen LogP) is 3.02. The lowest BCUT2D eigenvalue weighted by atomic mass is 9.91. The zero-order chi connectivity index (χ0) is 14.8. The van der Waals surface area contributed by atoms with Crippen LogP contribution in [-0.4, -0.2) is 14.7 Å². The van der Waals surface area contributed by atoms with E-state index in [1.165, 1.54) is 19.1 Å². The highest BCUT2D eigenvalue weighted by molar-refractivity contribution is 5.26. The summed E-state index contributed by atoms with van der Waals surface area (Å²) in [5.41, 5.74) is -1.56. The van der Waals surface area contributed by atoms with E-state index in [9.17, 15) is 13.9 Å². The van der Waals surface area contributed by atoms with E-state index < -0.39 is 17.2 Å². The summed E-state index contributed by atoms with van der Waals surface area (Å²) < 4.78 is 29.0. The molecule has 0 aliphatic carbocycles. The molecule has 0 fully saturated rings. The lowest BCUT2D eigenvalue weighted by Gasteiger charge is -2.24. The smallest absolute Gasteiger partial charge is 0.164 e. The van der Waals surface area contributed by atoms with Crippen LogP contribution in [0.4, 0.5) is 8.78 Å². The third kappa shape index (κ3) is 2.88. The van der Waals surface area contributed by atoms with Crippen molar-refractivity contribution in [3.8, 4) is 0 Å². The van der Waals surface area contributed by atoms with Crippen LogP contribution in [0.25, 0.3) is 0 Å². The number of aliphatic hydroxyl groups is 1. The highest BCUT2D eigenvalue weighted by Crippen LogP contribution is 2.28. The van der Waals surface area contributed by atoms with E-state index in [-0.39, 0.29) is 12.0 Å². The van der Waals surface area contributed by atoms with Gasteiger partial charge in [0, 0.05) is 30.9 Å². The molecule has 0 radical (unpaired) electrons. The van der Waals surface area contributed by atoms with Gasteiger partial charge in [0.2, 0.25) is 0 Å². The van der Waals surface area contributed by atoms with Gasteiger partial charge in [0.25, 0.3) is 0 Å². The molecule has 5 heteroatoms. The van der Waals surface area contributed by atoms with Gasteiger partial charge in [0.05, 0.1) is 5.60 Å². The lowest BCUT2D eigenvalue weighted by molar-refractivity contribution is 0.0500. The van der Waals surface area contributed by atoms with E-state index in [0.29, 0.717) is 5.82 Å². The number of hydrogen-bond acceptors (Lipinski definition) is 2. The van der Waals surface area contributed by atoms with Crippen LogP contribution in [-0.2, 0) is 18.6 Å². The van der Waals surface area contributed by atoms with Gasteiger partial charge in [0.15, 0.2) is 11.6 Å².